The van der Waals surface area contributed by atoms with E-state index in [1.165, 1.54) is 0 Å². The Morgan fingerprint density at radius 1 is 1.00 bits per heavy atom. The van der Waals surface area contributed by atoms with Crippen LogP contribution < -0.4 is 15.2 Å². The number of aliphatic hydroxyl groups excluding tert-OH is 1. The van der Waals surface area contributed by atoms with Crippen LogP contribution in [-0.2, 0) is 4.79 Å². The lowest BCUT2D eigenvalue weighted by atomic mass is 9.74. The molecule has 2 aromatic carbocycles. The summed E-state index contributed by atoms with van der Waals surface area (Å²) in [6.45, 7) is 3.72. The van der Waals surface area contributed by atoms with Gasteiger partial charge in [-0.2, -0.15) is 4.99 Å². The molecule has 0 aromatic heterocycles. The minimum atomic E-state index is -0.424. The minimum absolute atomic E-state index is 0.0284. The van der Waals surface area contributed by atoms with Gasteiger partial charge in [-0.05, 0) is 49.1 Å². The molecule has 206 valence electrons. The molecule has 3 aliphatic rings. The molecule has 0 radical (unpaired) electrons. The number of methoxy groups -OCH3 is 2. The van der Waals surface area contributed by atoms with Gasteiger partial charge in [0.15, 0.2) is 17.5 Å². The summed E-state index contributed by atoms with van der Waals surface area (Å²) in [4.78, 5) is 37.2. The average molecular weight is 534 g/mol. The van der Waals surface area contributed by atoms with E-state index in [0.717, 1.165) is 35.2 Å². The van der Waals surface area contributed by atoms with Crippen LogP contribution in [0.5, 0.6) is 11.5 Å². The Hall–Kier alpha value is -3.92. The third kappa shape index (κ3) is 5.34. The minimum Gasteiger partial charge on any atom is -0.493 e. The summed E-state index contributed by atoms with van der Waals surface area (Å²) in [5.41, 5.74) is 10.3. The first-order valence-corrected chi connectivity index (χ1v) is 13.3. The molecular weight excluding hydrogens is 498 g/mol. The van der Waals surface area contributed by atoms with Crippen molar-refractivity contribution in [3.05, 3.63) is 58.7 Å². The van der Waals surface area contributed by atoms with Crippen LogP contribution in [0.4, 0.5) is 0 Å². The Bertz CT molecular complexity index is 1310. The summed E-state index contributed by atoms with van der Waals surface area (Å²) in [7, 11) is 3.22. The molecule has 10 heteroatoms. The van der Waals surface area contributed by atoms with Gasteiger partial charge >= 0.3 is 0 Å². The van der Waals surface area contributed by atoms with Crippen LogP contribution in [0.15, 0.2) is 46.4 Å². The fraction of sp³-hybridized carbons (Fsp3) is 0.448. The van der Waals surface area contributed by atoms with E-state index in [9.17, 15) is 14.7 Å². The quantitative estimate of drug-likeness (QED) is 0.455. The summed E-state index contributed by atoms with van der Waals surface area (Å²) in [6.07, 6.45) is 1.83. The molecule has 1 saturated carbocycles. The van der Waals surface area contributed by atoms with Gasteiger partial charge in [0, 0.05) is 55.7 Å². The van der Waals surface area contributed by atoms with Gasteiger partial charge in [0.2, 0.25) is 5.91 Å². The van der Waals surface area contributed by atoms with Crippen molar-refractivity contribution in [2.45, 2.75) is 44.2 Å². The number of aliphatic imine (C=N–C) groups is 2. The van der Waals surface area contributed by atoms with Crippen molar-refractivity contribution in [2.75, 3.05) is 40.4 Å². The highest BCUT2D eigenvalue weighted by Gasteiger charge is 2.37. The van der Waals surface area contributed by atoms with E-state index in [4.69, 9.17) is 20.2 Å². The second kappa shape index (κ2) is 11.1. The van der Waals surface area contributed by atoms with E-state index >= 15 is 0 Å². The molecule has 2 fully saturated rings. The number of piperazine rings is 1. The van der Waals surface area contributed by atoms with E-state index < -0.39 is 5.91 Å². The zero-order chi connectivity index (χ0) is 27.7. The fourth-order valence-corrected chi connectivity index (χ4v) is 5.75. The predicted octanol–water partition coefficient (Wildman–Crippen LogP) is 2.17. The topological polar surface area (TPSA) is 130 Å². The number of benzene rings is 2. The number of hydrogen-bond acceptors (Lipinski definition) is 6. The summed E-state index contributed by atoms with van der Waals surface area (Å²) < 4.78 is 11.1. The summed E-state index contributed by atoms with van der Waals surface area (Å²) in [5.74, 6) is 1.12. The summed E-state index contributed by atoms with van der Waals surface area (Å²) in [5, 5.41) is 10.4. The van der Waals surface area contributed by atoms with E-state index in [2.05, 4.69) is 4.99 Å². The largest absolute Gasteiger partial charge is 0.493 e. The molecule has 1 saturated heterocycles. The number of ether oxygens (including phenoxy) is 2. The van der Waals surface area contributed by atoms with E-state index in [0.29, 0.717) is 49.7 Å². The zero-order valence-corrected chi connectivity index (χ0v) is 22.6. The first-order valence-electron chi connectivity index (χ1n) is 13.3. The van der Waals surface area contributed by atoms with Crippen molar-refractivity contribution in [3.63, 3.8) is 0 Å². The lowest BCUT2D eigenvalue weighted by Crippen LogP contribution is -2.52. The van der Waals surface area contributed by atoms with Crippen LogP contribution in [0.1, 0.15) is 59.2 Å². The molecule has 3 atom stereocenters. The number of guanidine groups is 1. The molecule has 2 aliphatic heterocycles. The van der Waals surface area contributed by atoms with Crippen molar-refractivity contribution >= 4 is 23.5 Å². The van der Waals surface area contributed by atoms with Crippen LogP contribution in [-0.4, -0.2) is 90.9 Å². The van der Waals surface area contributed by atoms with Crippen LogP contribution in [0.2, 0.25) is 0 Å². The Kier molecular flexibility index (Phi) is 7.56. The number of amides is 2. The van der Waals surface area contributed by atoms with E-state index in [-0.39, 0.29) is 29.9 Å². The number of nitrogens with two attached hydrogens (primary N) is 1. The van der Waals surface area contributed by atoms with Gasteiger partial charge < -0.3 is 30.1 Å². The highest BCUT2D eigenvalue weighted by molar-refractivity contribution is 6.15. The SMILES string of the molecule is COc1cc2c(cc1OC)C1CC(O)CCC1N=C2c1ccc(C(=O)N=C(N)N2CCN(C(C)=O)CC2)cc1. The van der Waals surface area contributed by atoms with Gasteiger partial charge in [0.05, 0.1) is 32.1 Å². The number of fused-ring (bicyclic) bond motifs is 3. The van der Waals surface area contributed by atoms with Gasteiger partial charge in [-0.3, -0.25) is 14.6 Å². The van der Waals surface area contributed by atoms with Crippen LogP contribution >= 0.6 is 0 Å². The number of rotatable bonds is 4. The Labute approximate surface area is 228 Å². The van der Waals surface area contributed by atoms with Crippen LogP contribution in [0.3, 0.4) is 0 Å². The van der Waals surface area contributed by atoms with E-state index in [1.807, 2.05) is 29.2 Å². The third-order valence-electron chi connectivity index (χ3n) is 7.96. The maximum Gasteiger partial charge on any atom is 0.280 e. The second-order valence-corrected chi connectivity index (χ2v) is 10.3. The summed E-state index contributed by atoms with van der Waals surface area (Å²) >= 11 is 0. The number of aliphatic hydroxyl groups is 1. The monoisotopic (exact) mass is 533 g/mol. The Balaban J connectivity index is 1.40. The number of carbonyl (C=O) groups excluding carboxylic acids is 2. The maximum atomic E-state index is 12.9. The standard InChI is InChI=1S/C29H35N5O5/c1-17(35)33-10-12-34(13-11-33)29(30)32-28(37)19-6-4-18(5-7-19)27-23-16-26(39-3)25(38-2)15-21(23)22-14-20(36)8-9-24(22)31-27/h4-7,15-16,20,22,24,36H,8-14H2,1-3H3,(H2,30,32,37). The lowest BCUT2D eigenvalue weighted by molar-refractivity contribution is -0.130. The van der Waals surface area contributed by atoms with Gasteiger partial charge in [-0.1, -0.05) is 12.1 Å². The smallest absolute Gasteiger partial charge is 0.280 e. The number of carbonyl (C=O) groups is 2. The third-order valence-corrected chi connectivity index (χ3v) is 7.96. The molecule has 5 rings (SSSR count). The molecule has 1 aliphatic carbocycles. The van der Waals surface area contributed by atoms with Crippen molar-refractivity contribution < 1.29 is 24.2 Å². The van der Waals surface area contributed by atoms with Gasteiger partial charge in [-0.25, -0.2) is 0 Å². The van der Waals surface area contributed by atoms with Crippen LogP contribution in [0.25, 0.3) is 0 Å². The lowest BCUT2D eigenvalue weighted by Gasteiger charge is -2.37. The molecule has 0 spiro atoms. The Morgan fingerprint density at radius 2 is 1.64 bits per heavy atom. The molecule has 10 nitrogen and oxygen atoms in total. The average Bonchev–Trinajstić information content (AvgIpc) is 2.96. The number of hydrogen-bond donors (Lipinski definition) is 2. The molecule has 39 heavy (non-hydrogen) atoms. The first kappa shape index (κ1) is 26.7. The van der Waals surface area contributed by atoms with E-state index in [1.54, 1.807) is 38.2 Å². The fourth-order valence-electron chi connectivity index (χ4n) is 5.75. The first-order chi connectivity index (χ1) is 18.8. The van der Waals surface area contributed by atoms with Crippen LogP contribution in [0, 0.1) is 0 Å². The highest BCUT2D eigenvalue weighted by Crippen LogP contribution is 2.44. The van der Waals surface area contributed by atoms with Gasteiger partial charge in [0.1, 0.15) is 0 Å². The second-order valence-electron chi connectivity index (χ2n) is 10.3. The molecule has 2 aromatic rings. The molecular formula is C29H35N5O5. The zero-order valence-electron chi connectivity index (χ0n) is 22.6. The molecule has 2 amide bonds. The van der Waals surface area contributed by atoms with Crippen molar-refractivity contribution in [3.8, 4) is 11.5 Å². The van der Waals surface area contributed by atoms with Gasteiger partial charge in [-0.15, -0.1) is 0 Å². The summed E-state index contributed by atoms with van der Waals surface area (Å²) in [6, 6.07) is 11.2. The van der Waals surface area contributed by atoms with Crippen molar-refractivity contribution in [1.82, 2.24) is 9.80 Å². The molecule has 0 bridgehead atoms. The molecule has 2 heterocycles. The molecule has 3 unspecified atom stereocenters. The normalized spacial score (nSPS) is 22.9. The Morgan fingerprint density at radius 3 is 2.28 bits per heavy atom. The van der Waals surface area contributed by atoms with Crippen molar-refractivity contribution in [2.24, 2.45) is 15.7 Å². The number of nitrogens with zero attached hydrogens (tertiary/aromatic N) is 4. The predicted molar refractivity (Wildman–Crippen MR) is 148 cm³/mol. The van der Waals surface area contributed by atoms with Crippen molar-refractivity contribution in [1.29, 1.82) is 0 Å². The highest BCUT2D eigenvalue weighted by atomic mass is 16.5. The maximum absolute atomic E-state index is 12.9. The molecule has 3 N–H and O–H groups in total. The van der Waals surface area contributed by atoms with Gasteiger partial charge in [0.25, 0.3) is 5.91 Å².